The number of carbonyl (C=O) groups is 1. The van der Waals surface area contributed by atoms with Gasteiger partial charge >= 0.3 is 5.97 Å². The third-order valence-corrected chi connectivity index (χ3v) is 4.83. The minimum absolute atomic E-state index is 0.0682. The van der Waals surface area contributed by atoms with Crippen molar-refractivity contribution in [3.8, 4) is 11.8 Å². The maximum absolute atomic E-state index is 12.0. The van der Waals surface area contributed by atoms with Gasteiger partial charge in [-0.3, -0.25) is 0 Å². The molecule has 0 amide bonds. The van der Waals surface area contributed by atoms with E-state index in [1.165, 1.54) is 12.1 Å². The lowest BCUT2D eigenvalue weighted by atomic mass is 10.2. The molecule has 0 fully saturated rings. The Balaban J connectivity index is 1.79. The van der Waals surface area contributed by atoms with Crippen molar-refractivity contribution >= 4 is 31.9 Å². The molecular formula is C17H14BrNO4S. The summed E-state index contributed by atoms with van der Waals surface area (Å²) in [5, 5.41) is 0. The maximum Gasteiger partial charge on any atom is 0.339 e. The van der Waals surface area contributed by atoms with Crippen molar-refractivity contribution in [2.45, 2.75) is 4.90 Å². The van der Waals surface area contributed by atoms with Crippen LogP contribution in [-0.2, 0) is 14.8 Å². The monoisotopic (exact) mass is 407 g/mol. The molecule has 0 aromatic heterocycles. The molecule has 0 saturated heterocycles. The number of hydrogen-bond donors (Lipinski definition) is 1. The number of benzene rings is 2. The molecule has 0 spiro atoms. The van der Waals surface area contributed by atoms with Gasteiger partial charge in [0, 0.05) is 4.47 Å². The van der Waals surface area contributed by atoms with Crippen LogP contribution in [0.2, 0.25) is 0 Å². The zero-order chi connectivity index (χ0) is 17.4. The van der Waals surface area contributed by atoms with E-state index in [9.17, 15) is 13.2 Å². The van der Waals surface area contributed by atoms with Gasteiger partial charge in [0.15, 0.2) is 6.61 Å². The van der Waals surface area contributed by atoms with E-state index in [4.69, 9.17) is 4.74 Å². The van der Waals surface area contributed by atoms with E-state index in [-0.39, 0.29) is 18.0 Å². The fraction of sp³-hybridized carbons (Fsp3) is 0.118. The van der Waals surface area contributed by atoms with Gasteiger partial charge in [0.05, 0.1) is 17.0 Å². The summed E-state index contributed by atoms with van der Waals surface area (Å²) in [5.74, 6) is 4.72. The summed E-state index contributed by atoms with van der Waals surface area (Å²) in [6.45, 7) is -0.172. The van der Waals surface area contributed by atoms with E-state index in [1.807, 2.05) is 0 Å². The maximum atomic E-state index is 12.0. The number of rotatable bonds is 5. The van der Waals surface area contributed by atoms with Crippen molar-refractivity contribution in [2.75, 3.05) is 13.2 Å². The van der Waals surface area contributed by atoms with Gasteiger partial charge in [-0.15, -0.1) is 0 Å². The summed E-state index contributed by atoms with van der Waals surface area (Å²) in [4.78, 5) is 11.8. The fourth-order valence-corrected chi connectivity index (χ4v) is 2.89. The predicted molar refractivity (Wildman–Crippen MR) is 93.8 cm³/mol. The first-order valence-corrected chi connectivity index (χ1v) is 9.20. The summed E-state index contributed by atoms with van der Waals surface area (Å²) in [6.07, 6.45) is 0. The molecule has 0 atom stereocenters. The number of halogens is 1. The second-order valence-corrected chi connectivity index (χ2v) is 7.26. The Hall–Kier alpha value is -2.14. The lowest BCUT2D eigenvalue weighted by molar-refractivity contribution is 0.0556. The van der Waals surface area contributed by atoms with Crippen LogP contribution in [0.5, 0.6) is 0 Å². The van der Waals surface area contributed by atoms with E-state index in [0.717, 1.165) is 4.47 Å². The molecule has 24 heavy (non-hydrogen) atoms. The third kappa shape index (κ3) is 5.49. The Bertz CT molecular complexity index is 853. The van der Waals surface area contributed by atoms with Gasteiger partial charge < -0.3 is 4.74 Å². The average molecular weight is 408 g/mol. The molecule has 0 aliphatic heterocycles. The van der Waals surface area contributed by atoms with Crippen LogP contribution in [0.1, 0.15) is 10.4 Å². The molecular weight excluding hydrogens is 394 g/mol. The predicted octanol–water partition coefficient (Wildman–Crippen LogP) is 2.59. The average Bonchev–Trinajstić information content (AvgIpc) is 2.59. The molecule has 0 radical (unpaired) electrons. The molecule has 124 valence electrons. The van der Waals surface area contributed by atoms with Crippen molar-refractivity contribution in [2.24, 2.45) is 0 Å². The Kier molecular flexibility index (Phi) is 6.55. The molecule has 2 aromatic carbocycles. The van der Waals surface area contributed by atoms with Gasteiger partial charge in [-0.25, -0.2) is 13.2 Å². The highest BCUT2D eigenvalue weighted by atomic mass is 79.9. The number of carbonyl (C=O) groups excluding carboxylic acids is 1. The van der Waals surface area contributed by atoms with Gasteiger partial charge in [-0.2, -0.15) is 4.72 Å². The second kappa shape index (κ2) is 8.64. The summed E-state index contributed by atoms with van der Waals surface area (Å²) in [6, 6.07) is 14.8. The van der Waals surface area contributed by atoms with Gasteiger partial charge in [0.1, 0.15) is 0 Å². The highest BCUT2D eigenvalue weighted by Crippen LogP contribution is 2.14. The zero-order valence-corrected chi connectivity index (χ0v) is 14.9. The van der Waals surface area contributed by atoms with Crippen LogP contribution in [0.3, 0.4) is 0 Å². The first-order chi connectivity index (χ1) is 11.5. The third-order valence-electron chi connectivity index (χ3n) is 2.88. The Morgan fingerprint density at radius 2 is 1.71 bits per heavy atom. The van der Waals surface area contributed by atoms with Crippen LogP contribution in [0, 0.1) is 11.8 Å². The lowest BCUT2D eigenvalue weighted by Crippen LogP contribution is -2.24. The molecule has 0 aliphatic rings. The SMILES string of the molecule is O=C(OCC#CCNS(=O)(=O)c1ccc(Br)cc1)c1ccccc1. The topological polar surface area (TPSA) is 72.5 Å². The molecule has 2 rings (SSSR count). The molecule has 0 bridgehead atoms. The van der Waals surface area contributed by atoms with Gasteiger partial charge in [-0.1, -0.05) is 46.0 Å². The van der Waals surface area contributed by atoms with Crippen LogP contribution in [0.15, 0.2) is 64.0 Å². The Morgan fingerprint density at radius 3 is 2.38 bits per heavy atom. The van der Waals surface area contributed by atoms with E-state index >= 15 is 0 Å². The molecule has 5 nitrogen and oxygen atoms in total. The van der Waals surface area contributed by atoms with Crippen molar-refractivity contribution < 1.29 is 17.9 Å². The number of ether oxygens (including phenoxy) is 1. The largest absolute Gasteiger partial charge is 0.449 e. The van der Waals surface area contributed by atoms with Gasteiger partial charge in [-0.05, 0) is 36.4 Å². The minimum atomic E-state index is -3.60. The standard InChI is InChI=1S/C17H14BrNO4S/c18-15-8-10-16(11-9-15)24(21,22)19-12-4-5-13-23-17(20)14-6-2-1-3-7-14/h1-3,6-11,19H,12-13H2. The highest BCUT2D eigenvalue weighted by molar-refractivity contribution is 9.10. The van der Waals surface area contributed by atoms with Gasteiger partial charge in [0.2, 0.25) is 10.0 Å². The van der Waals surface area contributed by atoms with Crippen LogP contribution in [-0.4, -0.2) is 27.5 Å². The summed E-state index contributed by atoms with van der Waals surface area (Å²) >= 11 is 3.24. The highest BCUT2D eigenvalue weighted by Gasteiger charge is 2.11. The first kappa shape index (κ1) is 18.2. The van der Waals surface area contributed by atoms with E-state index in [2.05, 4.69) is 32.5 Å². The van der Waals surface area contributed by atoms with E-state index in [1.54, 1.807) is 42.5 Å². The summed E-state index contributed by atoms with van der Waals surface area (Å²) in [7, 11) is -3.60. The summed E-state index contributed by atoms with van der Waals surface area (Å²) < 4.78 is 32.1. The van der Waals surface area contributed by atoms with Crippen LogP contribution < -0.4 is 4.72 Å². The number of sulfonamides is 1. The number of esters is 1. The van der Waals surface area contributed by atoms with Crippen molar-refractivity contribution in [3.63, 3.8) is 0 Å². The van der Waals surface area contributed by atoms with Gasteiger partial charge in [0.25, 0.3) is 0 Å². The number of nitrogens with one attached hydrogen (secondary N) is 1. The van der Waals surface area contributed by atoms with Crippen molar-refractivity contribution in [1.82, 2.24) is 4.72 Å². The normalized spacial score (nSPS) is 10.5. The quantitative estimate of drug-likeness (QED) is 0.610. The number of hydrogen-bond acceptors (Lipinski definition) is 4. The van der Waals surface area contributed by atoms with Crippen LogP contribution in [0.4, 0.5) is 0 Å². The van der Waals surface area contributed by atoms with Crippen LogP contribution in [0.25, 0.3) is 0 Å². The van der Waals surface area contributed by atoms with Crippen molar-refractivity contribution in [1.29, 1.82) is 0 Å². The lowest BCUT2D eigenvalue weighted by Gasteiger charge is -2.03. The second-order valence-electron chi connectivity index (χ2n) is 4.57. The Labute approximate surface area is 149 Å². The molecule has 0 heterocycles. The Morgan fingerprint density at radius 1 is 1.04 bits per heavy atom. The van der Waals surface area contributed by atoms with E-state index < -0.39 is 16.0 Å². The fourth-order valence-electron chi connectivity index (χ4n) is 1.70. The molecule has 0 unspecified atom stereocenters. The van der Waals surface area contributed by atoms with Crippen LogP contribution >= 0.6 is 15.9 Å². The van der Waals surface area contributed by atoms with Crippen molar-refractivity contribution in [3.05, 3.63) is 64.6 Å². The summed E-state index contributed by atoms with van der Waals surface area (Å²) in [5.41, 5.74) is 0.440. The first-order valence-electron chi connectivity index (χ1n) is 6.92. The molecule has 1 N–H and O–H groups in total. The zero-order valence-electron chi connectivity index (χ0n) is 12.5. The van der Waals surface area contributed by atoms with E-state index in [0.29, 0.717) is 5.56 Å². The smallest absolute Gasteiger partial charge is 0.339 e. The molecule has 0 aliphatic carbocycles. The molecule has 7 heteroatoms. The molecule has 0 saturated carbocycles. The molecule has 2 aromatic rings. The minimum Gasteiger partial charge on any atom is -0.449 e.